The van der Waals surface area contributed by atoms with Gasteiger partial charge in [-0.2, -0.15) is 4.98 Å². The van der Waals surface area contributed by atoms with Crippen molar-refractivity contribution in [3.05, 3.63) is 88.0 Å². The fourth-order valence-corrected chi connectivity index (χ4v) is 14.8. The van der Waals surface area contributed by atoms with Crippen molar-refractivity contribution in [3.63, 3.8) is 0 Å². The monoisotopic (exact) mass is 1200 g/mol. The second kappa shape index (κ2) is 26.4. The van der Waals surface area contributed by atoms with E-state index in [-0.39, 0.29) is 46.8 Å². The van der Waals surface area contributed by atoms with Gasteiger partial charge >= 0.3 is 11.8 Å². The molecule has 9 heterocycles. The molecule has 4 unspecified atom stereocenters. The van der Waals surface area contributed by atoms with E-state index in [2.05, 4.69) is 49.0 Å². The fourth-order valence-electron chi connectivity index (χ4n) is 14.8. The number of aromatic amines is 1. The summed E-state index contributed by atoms with van der Waals surface area (Å²) in [5, 5.41) is 3.76. The number of nitrogens with one attached hydrogen (secondary N) is 2. The number of aromatic nitrogens is 3. The Morgan fingerprint density at radius 3 is 2.25 bits per heavy atom. The number of ether oxygens (including phenoxy) is 2. The highest BCUT2D eigenvalue weighted by Crippen LogP contribution is 2.43. The number of amides is 5. The van der Waals surface area contributed by atoms with E-state index in [9.17, 15) is 33.2 Å². The number of methoxy groups -OCH3 is 1. The van der Waals surface area contributed by atoms with Gasteiger partial charge in [0.25, 0.3) is 0 Å². The van der Waals surface area contributed by atoms with Crippen LogP contribution in [-0.4, -0.2) is 174 Å². The molecule has 87 heavy (non-hydrogen) atoms. The molecule has 0 radical (unpaired) electrons. The first-order chi connectivity index (χ1) is 41.7. The van der Waals surface area contributed by atoms with Gasteiger partial charge in [0.1, 0.15) is 29.0 Å². The van der Waals surface area contributed by atoms with Crippen molar-refractivity contribution in [2.45, 2.75) is 147 Å². The number of fused-ring (bicyclic) bond motifs is 5. The molecule has 7 saturated heterocycles. The van der Waals surface area contributed by atoms with Crippen LogP contribution in [0.1, 0.15) is 116 Å². The van der Waals surface area contributed by atoms with E-state index in [1.54, 1.807) is 41.1 Å². The predicted molar refractivity (Wildman–Crippen MR) is 331 cm³/mol. The fraction of sp³-hybridized carbons (Fsp3) is 0.545. The van der Waals surface area contributed by atoms with Gasteiger partial charge in [0, 0.05) is 89.1 Å². The van der Waals surface area contributed by atoms with Crippen LogP contribution < -0.4 is 25.7 Å². The average molecular weight is 1200 g/mol. The Hall–Kier alpha value is -7.54. The van der Waals surface area contributed by atoms with Crippen LogP contribution in [0.15, 0.2) is 59.5 Å². The molecular weight excluding hydrogens is 1110 g/mol. The van der Waals surface area contributed by atoms with Gasteiger partial charge < -0.3 is 34.1 Å². The number of anilines is 3. The molecule has 3 aromatic carbocycles. The lowest BCUT2D eigenvalue weighted by Crippen LogP contribution is -2.57. The van der Waals surface area contributed by atoms with E-state index in [1.807, 2.05) is 61.8 Å². The maximum absolute atomic E-state index is 16.1. The first-order valence-corrected chi connectivity index (χ1v) is 30.8. The highest BCUT2D eigenvalue weighted by atomic mass is 19.1. The molecule has 12 rings (SSSR count). The van der Waals surface area contributed by atoms with Crippen LogP contribution >= 0.6 is 0 Å². The third-order valence-electron chi connectivity index (χ3n) is 19.2. The molecule has 19 nitrogen and oxygen atoms in total. The minimum absolute atomic E-state index is 0.0108. The SMILES string of the molecule is C#Cc1c(F)ccc2cccc(-c3ncc4c(N5CC6CCC(C5)N6C(=O)OC(C)(C)C)nc(=O)[nH]c4c3F)c12.CN(C=O)c1c(CN2CCC(C3CCN(C=O)CC3)CC2)cccc1N(C)C1CCC(=O)NC1=O.COCC1CC[C@]2(C)CCCN12. The lowest BCUT2D eigenvalue weighted by molar-refractivity contribution is -0.134. The van der Waals surface area contributed by atoms with E-state index < -0.39 is 29.0 Å². The van der Waals surface area contributed by atoms with Gasteiger partial charge in [0.2, 0.25) is 24.6 Å². The van der Waals surface area contributed by atoms with Crippen molar-refractivity contribution in [1.29, 1.82) is 0 Å². The molecule has 5 atom stereocenters. The smallest absolute Gasteiger partial charge is 0.410 e. The predicted octanol–water partition coefficient (Wildman–Crippen LogP) is 8.24. The molecule has 0 aliphatic carbocycles. The van der Waals surface area contributed by atoms with Crippen LogP contribution in [0, 0.1) is 35.8 Å². The summed E-state index contributed by atoms with van der Waals surface area (Å²) in [6.07, 6.45) is 20.8. The molecule has 464 valence electrons. The number of imide groups is 1. The molecule has 7 aliphatic rings. The van der Waals surface area contributed by atoms with Gasteiger partial charge in [0.05, 0.1) is 46.5 Å². The summed E-state index contributed by atoms with van der Waals surface area (Å²) in [7, 11) is 5.40. The van der Waals surface area contributed by atoms with E-state index in [4.69, 9.17) is 15.9 Å². The number of piperazine rings is 1. The molecule has 5 aromatic rings. The Balaban J connectivity index is 0.000000162. The zero-order valence-electron chi connectivity index (χ0n) is 51.3. The second-order valence-corrected chi connectivity index (χ2v) is 25.8. The van der Waals surface area contributed by atoms with E-state index in [0.717, 1.165) is 108 Å². The summed E-state index contributed by atoms with van der Waals surface area (Å²) in [6.45, 7) is 15.5. The highest BCUT2D eigenvalue weighted by molar-refractivity contribution is 6.03. The topological polar surface area (TPSA) is 197 Å². The molecule has 5 amide bonds. The number of rotatable bonds is 12. The number of pyridine rings is 1. The highest BCUT2D eigenvalue weighted by Gasteiger charge is 2.47. The van der Waals surface area contributed by atoms with Crippen LogP contribution in [0.3, 0.4) is 0 Å². The molecular formula is C66H83F2N11O8. The molecule has 0 saturated carbocycles. The molecule has 2 aromatic heterocycles. The minimum atomic E-state index is -0.770. The zero-order valence-corrected chi connectivity index (χ0v) is 51.3. The van der Waals surface area contributed by atoms with Crippen LogP contribution in [0.4, 0.5) is 30.8 Å². The summed E-state index contributed by atoms with van der Waals surface area (Å²) in [5.74, 6) is 2.18. The average Bonchev–Trinajstić information content (AvgIpc) is 1.45. The number of likely N-dealkylation sites (N-methyl/N-ethyl adjacent to an activating group) is 1. The lowest BCUT2D eigenvalue weighted by Gasteiger charge is -2.41. The van der Waals surface area contributed by atoms with Gasteiger partial charge in [-0.05, 0) is 153 Å². The molecule has 2 N–H and O–H groups in total. The van der Waals surface area contributed by atoms with Gasteiger partial charge in [-0.15, -0.1) is 6.42 Å². The quantitative estimate of drug-likeness (QED) is 0.0688. The molecule has 21 heteroatoms. The number of piperidine rings is 3. The van der Waals surface area contributed by atoms with Crippen molar-refractivity contribution >= 4 is 69.6 Å². The number of nitrogens with zero attached hydrogens (tertiary/aromatic N) is 9. The first-order valence-electron chi connectivity index (χ1n) is 30.8. The van der Waals surface area contributed by atoms with Gasteiger partial charge in [-0.3, -0.25) is 44.2 Å². The zero-order chi connectivity index (χ0) is 61.9. The lowest BCUT2D eigenvalue weighted by atomic mass is 9.79. The van der Waals surface area contributed by atoms with Crippen molar-refractivity contribution < 1.29 is 42.2 Å². The Morgan fingerprint density at radius 2 is 1.60 bits per heavy atom. The van der Waals surface area contributed by atoms with Gasteiger partial charge in [-0.1, -0.05) is 42.3 Å². The Kier molecular flexibility index (Phi) is 19.0. The Morgan fingerprint density at radius 1 is 0.897 bits per heavy atom. The number of hydrogen-bond acceptors (Lipinski definition) is 14. The van der Waals surface area contributed by atoms with Crippen molar-refractivity contribution in [2.24, 2.45) is 11.8 Å². The molecule has 7 fully saturated rings. The largest absolute Gasteiger partial charge is 0.444 e. The maximum atomic E-state index is 16.1. The van der Waals surface area contributed by atoms with Crippen LogP contribution in [0.25, 0.3) is 32.9 Å². The van der Waals surface area contributed by atoms with Gasteiger partial charge in [0.15, 0.2) is 5.82 Å². The second-order valence-electron chi connectivity index (χ2n) is 25.8. The maximum Gasteiger partial charge on any atom is 0.410 e. The summed E-state index contributed by atoms with van der Waals surface area (Å²) < 4.78 is 41.6. The summed E-state index contributed by atoms with van der Waals surface area (Å²) in [6, 6.07) is 13.9. The number of terminal acetylenes is 1. The van der Waals surface area contributed by atoms with E-state index >= 15 is 4.39 Å². The normalized spacial score (nSPS) is 23.5. The summed E-state index contributed by atoms with van der Waals surface area (Å²) in [5.41, 5.74) is 2.06. The molecule has 0 spiro atoms. The third-order valence-corrected chi connectivity index (χ3v) is 19.2. The van der Waals surface area contributed by atoms with E-state index in [1.165, 1.54) is 44.5 Å². The van der Waals surface area contributed by atoms with Gasteiger partial charge in [-0.25, -0.2) is 18.4 Å². The van der Waals surface area contributed by atoms with Crippen molar-refractivity contribution in [3.8, 4) is 23.6 Å². The number of likely N-dealkylation sites (tertiary alicyclic amines) is 2. The summed E-state index contributed by atoms with van der Waals surface area (Å²) in [4.78, 5) is 97.7. The van der Waals surface area contributed by atoms with Crippen LogP contribution in [0.2, 0.25) is 0 Å². The Bertz CT molecular complexity index is 3470. The molecule has 2 bridgehead atoms. The Labute approximate surface area is 508 Å². The third kappa shape index (κ3) is 13.3. The number of hydrogen-bond donors (Lipinski definition) is 2. The van der Waals surface area contributed by atoms with Crippen molar-refractivity contribution in [1.82, 2.24) is 39.9 Å². The summed E-state index contributed by atoms with van der Waals surface area (Å²) >= 11 is 0. The minimum Gasteiger partial charge on any atom is -0.444 e. The number of para-hydroxylation sites is 1. The number of carbonyl (C=O) groups excluding carboxylic acids is 5. The van der Waals surface area contributed by atoms with Crippen LogP contribution in [0.5, 0.6) is 0 Å². The number of halogens is 2. The standard InChI is InChI=1S/C30H27F2N5O3.C26H37N5O4.C10H19NO/c1-5-19-22(31)12-9-16-7-6-8-20(23(16)19)25-24(32)26-21(13-33-25)27(35-28(38)34-26)36-14-17-10-11-18(15-36)37(17)29(39)40-30(2,3)4;1-28(17-32)25-21(4-3-5-22(25)29(2)23-6-7-24(34)27-26(23)35)16-30-12-8-19(9-13-30)20-10-14-31(18-33)15-11-20;1-10-5-3-7-11(10)9(4-6-10)8-12-2/h1,6-9,12-13,17-18H,10-11,14-15H2,2-4H3,(H,34,35,38);3-5,17-20,23H,6-16H2,1-2H3,(H,27,34,35);9H,3-8H2,1-2H3/t;;9?,10-/m..0/s1. The number of carbonyl (C=O) groups is 5. The van der Waals surface area contributed by atoms with Crippen molar-refractivity contribution in [2.75, 3.05) is 88.3 Å². The molecule has 7 aliphatic heterocycles. The van der Waals surface area contributed by atoms with Crippen LogP contribution in [-0.2, 0) is 35.2 Å². The van der Waals surface area contributed by atoms with E-state index in [0.29, 0.717) is 76.9 Å². The first kappa shape index (κ1) is 62.5. The number of benzene rings is 3. The number of H-pyrrole nitrogens is 1.